The van der Waals surface area contributed by atoms with E-state index in [2.05, 4.69) is 10.2 Å². The number of carbonyl (C=O) groups excluding carboxylic acids is 2. The Morgan fingerprint density at radius 3 is 2.61 bits per heavy atom. The summed E-state index contributed by atoms with van der Waals surface area (Å²) in [4.78, 5) is 38.7. The summed E-state index contributed by atoms with van der Waals surface area (Å²) in [7, 11) is 0. The van der Waals surface area contributed by atoms with E-state index in [4.69, 9.17) is 4.74 Å². The van der Waals surface area contributed by atoms with Gasteiger partial charge in [0.15, 0.2) is 0 Å². The van der Waals surface area contributed by atoms with Gasteiger partial charge in [-0.05, 0) is 69.4 Å². The second kappa shape index (κ2) is 19.8. The molecule has 0 aromatic heterocycles. The van der Waals surface area contributed by atoms with Crippen molar-refractivity contribution in [3.05, 3.63) is 70.3 Å². The maximum Gasteiger partial charge on any atom is 0.306 e. The van der Waals surface area contributed by atoms with Gasteiger partial charge in [0.2, 0.25) is 5.91 Å². The Morgan fingerprint density at radius 1 is 1.10 bits per heavy atom. The fourth-order valence-electron chi connectivity index (χ4n) is 5.06. The first kappa shape index (κ1) is 34.0. The van der Waals surface area contributed by atoms with Crippen LogP contribution in [0.5, 0.6) is 0 Å². The first-order chi connectivity index (χ1) is 19.8. The lowest BCUT2D eigenvalue weighted by atomic mass is 9.89. The Hall–Kier alpha value is -3.24. The molecule has 1 aliphatic rings. The Bertz CT molecular complexity index is 968. The van der Waals surface area contributed by atoms with Crippen molar-refractivity contribution < 1.29 is 34.5 Å². The Morgan fingerprint density at radius 2 is 1.88 bits per heavy atom. The highest BCUT2D eigenvalue weighted by Crippen LogP contribution is 2.36. The monoisotopic (exact) mass is 574 g/mol. The lowest BCUT2D eigenvalue weighted by molar-refractivity contribution is -0.757. The summed E-state index contributed by atoms with van der Waals surface area (Å²) in [5.74, 6) is -0.732. The molecular formula is C31H46N2O8. The smallest absolute Gasteiger partial charge is 0.306 e. The summed E-state index contributed by atoms with van der Waals surface area (Å²) in [6.45, 7) is 2.52. The molecule has 0 heterocycles. The molecule has 1 amide bonds. The quantitative estimate of drug-likeness (QED) is 0.0679. The third-order valence-corrected chi connectivity index (χ3v) is 7.25. The number of amides is 1. The van der Waals surface area contributed by atoms with Crippen LogP contribution >= 0.6 is 0 Å². The van der Waals surface area contributed by atoms with Gasteiger partial charge in [0.1, 0.15) is 6.10 Å². The molecule has 0 unspecified atom stereocenters. The number of nitrogens with one attached hydrogen (secondary N) is 1. The van der Waals surface area contributed by atoms with E-state index in [1.54, 1.807) is 0 Å². The number of aliphatic hydroxyl groups excluding tert-OH is 2. The standard InChI is InChI=1S/C31H46N2O8/c1-2-32-30(36)16-10-4-3-9-15-26-27(29(35)23-28(26)34)21-20-25(19-18-24-13-7-5-8-14-24)41-31(37)17-11-6-12-22-40-33(38)39/h3,5,7-9,13-14,20-21,25-29,34-35H,2,4,6,10-12,15-19,22-23H2,1H3,(H,32,36)/b9-3?,21-20+/t25-,26+,27+,28-,29+/m0/s1. The predicted molar refractivity (Wildman–Crippen MR) is 155 cm³/mol. The zero-order valence-electron chi connectivity index (χ0n) is 24.1. The molecule has 1 aliphatic carbocycles. The highest BCUT2D eigenvalue weighted by atomic mass is 16.9. The van der Waals surface area contributed by atoms with Crippen molar-refractivity contribution in [2.24, 2.45) is 11.8 Å². The molecule has 0 saturated heterocycles. The molecule has 0 radical (unpaired) electrons. The summed E-state index contributed by atoms with van der Waals surface area (Å²) >= 11 is 0. The third-order valence-electron chi connectivity index (χ3n) is 7.25. The molecule has 228 valence electrons. The van der Waals surface area contributed by atoms with E-state index in [9.17, 15) is 29.9 Å². The van der Waals surface area contributed by atoms with Crippen molar-refractivity contribution in [1.29, 1.82) is 0 Å². The Kier molecular flexibility index (Phi) is 16.4. The fourth-order valence-corrected chi connectivity index (χ4v) is 5.06. The molecule has 1 fully saturated rings. The number of aryl methyl sites for hydroxylation is 1. The van der Waals surface area contributed by atoms with Crippen molar-refractivity contribution in [2.45, 2.75) is 95.9 Å². The van der Waals surface area contributed by atoms with Gasteiger partial charge in [-0.3, -0.25) is 9.59 Å². The normalized spacial score (nSPS) is 21.2. The SMILES string of the molecule is CCNC(=O)CCCC=CC[C@@H]1[C@@H](/C=C/[C@H](CCc2ccccc2)OC(=O)CCCCCO[N+](=O)[O-])[C@H](O)C[C@@H]1O. The Labute approximate surface area is 242 Å². The number of allylic oxidation sites excluding steroid dienone is 2. The molecule has 1 aromatic carbocycles. The lowest BCUT2D eigenvalue weighted by Gasteiger charge is -2.21. The number of benzene rings is 1. The van der Waals surface area contributed by atoms with Crippen LogP contribution in [-0.4, -0.2) is 58.6 Å². The average molecular weight is 575 g/mol. The van der Waals surface area contributed by atoms with E-state index in [0.717, 1.165) is 18.4 Å². The van der Waals surface area contributed by atoms with Crippen LogP contribution in [0.1, 0.15) is 76.7 Å². The van der Waals surface area contributed by atoms with Gasteiger partial charge in [0, 0.05) is 31.7 Å². The topological polar surface area (TPSA) is 148 Å². The van der Waals surface area contributed by atoms with Crippen molar-refractivity contribution in [3.8, 4) is 0 Å². The lowest BCUT2D eigenvalue weighted by Crippen LogP contribution is -2.22. The predicted octanol–water partition coefficient (Wildman–Crippen LogP) is 4.47. The van der Waals surface area contributed by atoms with Crippen molar-refractivity contribution in [3.63, 3.8) is 0 Å². The van der Waals surface area contributed by atoms with Gasteiger partial charge < -0.3 is 25.1 Å². The highest BCUT2D eigenvalue weighted by molar-refractivity contribution is 5.75. The molecule has 0 bridgehead atoms. The summed E-state index contributed by atoms with van der Waals surface area (Å²) in [6.07, 6.45) is 11.9. The number of hydrogen-bond donors (Lipinski definition) is 3. The molecule has 0 spiro atoms. The molecule has 0 aliphatic heterocycles. The molecule has 5 atom stereocenters. The number of carbonyl (C=O) groups is 2. The second-order valence-corrected chi connectivity index (χ2v) is 10.5. The van der Waals surface area contributed by atoms with Crippen LogP contribution in [0.25, 0.3) is 0 Å². The van der Waals surface area contributed by atoms with E-state index < -0.39 is 23.4 Å². The molecule has 1 saturated carbocycles. The van der Waals surface area contributed by atoms with E-state index in [1.807, 2.05) is 61.6 Å². The number of ether oxygens (including phenoxy) is 1. The van der Waals surface area contributed by atoms with Crippen LogP contribution in [-0.2, 0) is 25.6 Å². The van der Waals surface area contributed by atoms with Crippen LogP contribution in [0.4, 0.5) is 0 Å². The van der Waals surface area contributed by atoms with Gasteiger partial charge in [0.05, 0.1) is 18.8 Å². The number of unbranched alkanes of at least 4 members (excludes halogenated alkanes) is 3. The number of esters is 1. The minimum atomic E-state index is -0.824. The molecule has 41 heavy (non-hydrogen) atoms. The average Bonchev–Trinajstić information content (AvgIpc) is 3.21. The number of hydrogen-bond acceptors (Lipinski definition) is 8. The maximum atomic E-state index is 12.6. The summed E-state index contributed by atoms with van der Waals surface area (Å²) in [5, 5.41) is 33.5. The van der Waals surface area contributed by atoms with Crippen LogP contribution in [0.3, 0.4) is 0 Å². The van der Waals surface area contributed by atoms with Gasteiger partial charge >= 0.3 is 5.97 Å². The molecule has 2 rings (SSSR count). The summed E-state index contributed by atoms with van der Waals surface area (Å²) in [5.41, 5.74) is 1.12. The highest BCUT2D eigenvalue weighted by Gasteiger charge is 2.39. The van der Waals surface area contributed by atoms with Gasteiger partial charge in [-0.15, -0.1) is 10.1 Å². The van der Waals surface area contributed by atoms with E-state index >= 15 is 0 Å². The van der Waals surface area contributed by atoms with Crippen molar-refractivity contribution >= 4 is 11.9 Å². The molecule has 3 N–H and O–H groups in total. The second-order valence-electron chi connectivity index (χ2n) is 10.5. The molecule has 1 aromatic rings. The number of rotatable bonds is 20. The van der Waals surface area contributed by atoms with Gasteiger partial charge in [-0.1, -0.05) is 55.0 Å². The number of aliphatic hydroxyl groups is 2. The zero-order chi connectivity index (χ0) is 29.9. The molecule has 10 heteroatoms. The van der Waals surface area contributed by atoms with Gasteiger partial charge in [-0.2, -0.15) is 0 Å². The molecular weight excluding hydrogens is 528 g/mol. The van der Waals surface area contributed by atoms with Crippen molar-refractivity contribution in [2.75, 3.05) is 13.2 Å². The Balaban J connectivity index is 1.93. The van der Waals surface area contributed by atoms with Crippen molar-refractivity contribution in [1.82, 2.24) is 5.32 Å². The minimum absolute atomic E-state index is 0.00647. The maximum absolute atomic E-state index is 12.6. The van der Waals surface area contributed by atoms with E-state index in [0.29, 0.717) is 57.9 Å². The largest absolute Gasteiger partial charge is 0.458 e. The van der Waals surface area contributed by atoms with Crippen LogP contribution < -0.4 is 5.32 Å². The zero-order valence-corrected chi connectivity index (χ0v) is 24.1. The minimum Gasteiger partial charge on any atom is -0.458 e. The van der Waals surface area contributed by atoms with E-state index in [-0.39, 0.29) is 36.7 Å². The van der Waals surface area contributed by atoms with Gasteiger partial charge in [-0.25, -0.2) is 0 Å². The van der Waals surface area contributed by atoms with Crippen LogP contribution in [0.2, 0.25) is 0 Å². The third kappa shape index (κ3) is 14.3. The van der Waals surface area contributed by atoms with E-state index in [1.165, 1.54) is 0 Å². The molecule has 10 nitrogen and oxygen atoms in total. The first-order valence-electron chi connectivity index (χ1n) is 14.8. The summed E-state index contributed by atoms with van der Waals surface area (Å²) in [6, 6.07) is 9.91. The van der Waals surface area contributed by atoms with Crippen LogP contribution in [0, 0.1) is 22.0 Å². The van der Waals surface area contributed by atoms with Gasteiger partial charge in [0.25, 0.3) is 5.09 Å². The fraction of sp³-hybridized carbons (Fsp3) is 0.613. The number of nitrogens with zero attached hydrogens (tertiary/aromatic N) is 1. The van der Waals surface area contributed by atoms with Crippen LogP contribution in [0.15, 0.2) is 54.6 Å². The first-order valence-corrected chi connectivity index (χ1v) is 14.8. The summed E-state index contributed by atoms with van der Waals surface area (Å²) < 4.78 is 5.78.